The van der Waals surface area contributed by atoms with E-state index in [0.29, 0.717) is 6.42 Å². The van der Waals surface area contributed by atoms with Gasteiger partial charge in [0.1, 0.15) is 11.4 Å². The molecule has 9 nitrogen and oxygen atoms in total. The van der Waals surface area contributed by atoms with E-state index in [4.69, 9.17) is 4.74 Å². The molecule has 9 heteroatoms. The Morgan fingerprint density at radius 3 is 2.36 bits per heavy atom. The number of Topliss-reactive ketones (excluding diaryl/α,β-unsaturated/α-hetero) is 1. The van der Waals surface area contributed by atoms with Crippen molar-refractivity contribution in [2.24, 2.45) is 33.5 Å². The molecule has 3 fully saturated rings. The number of carboxylic acids is 1. The molecule has 5 aliphatic rings. The second-order valence-corrected chi connectivity index (χ2v) is 14.3. The maximum absolute atomic E-state index is 14.2. The van der Waals surface area contributed by atoms with E-state index in [2.05, 4.69) is 0 Å². The fraction of sp³-hybridized carbons (Fsp3) is 0.767. The third-order valence-corrected chi connectivity index (χ3v) is 11.7. The van der Waals surface area contributed by atoms with Crippen LogP contribution < -0.4 is 0 Å². The number of rotatable bonds is 6. The van der Waals surface area contributed by atoms with Crippen LogP contribution in [0, 0.1) is 33.5 Å². The van der Waals surface area contributed by atoms with Crippen molar-refractivity contribution in [2.45, 2.75) is 110 Å². The van der Waals surface area contributed by atoms with Crippen LogP contribution in [0.3, 0.4) is 0 Å². The topological polar surface area (TPSA) is 165 Å². The van der Waals surface area contributed by atoms with Gasteiger partial charge in [-0.05, 0) is 60.7 Å². The van der Waals surface area contributed by atoms with Crippen LogP contribution in [0.1, 0.15) is 74.1 Å². The number of epoxide rings is 1. The number of hydrogen-bond acceptors (Lipinski definition) is 8. The van der Waals surface area contributed by atoms with Gasteiger partial charge in [0.2, 0.25) is 0 Å². The van der Waals surface area contributed by atoms with Crippen LogP contribution in [-0.4, -0.2) is 78.7 Å². The molecule has 11 unspecified atom stereocenters. The van der Waals surface area contributed by atoms with Crippen LogP contribution in [0.5, 0.6) is 0 Å². The number of carbonyl (C=O) groups excluding carboxylic acids is 2. The molecule has 0 aromatic rings. The second kappa shape index (κ2) is 8.10. The number of aliphatic hydroxyl groups is 4. The minimum absolute atomic E-state index is 0.0843. The van der Waals surface area contributed by atoms with Crippen molar-refractivity contribution < 1.29 is 44.7 Å². The molecule has 39 heavy (non-hydrogen) atoms. The van der Waals surface area contributed by atoms with Gasteiger partial charge in [-0.25, -0.2) is 0 Å². The zero-order chi connectivity index (χ0) is 29.3. The van der Waals surface area contributed by atoms with Crippen molar-refractivity contribution in [1.82, 2.24) is 0 Å². The summed E-state index contributed by atoms with van der Waals surface area (Å²) in [5.74, 6) is -2.88. The molecule has 216 valence electrons. The minimum Gasteiger partial charge on any atom is -0.481 e. The molecule has 1 heterocycles. The maximum atomic E-state index is 14.2. The summed E-state index contributed by atoms with van der Waals surface area (Å²) in [6.45, 7) is 12.2. The van der Waals surface area contributed by atoms with Gasteiger partial charge >= 0.3 is 5.97 Å². The highest BCUT2D eigenvalue weighted by Gasteiger charge is 2.85. The summed E-state index contributed by atoms with van der Waals surface area (Å²) >= 11 is 0. The van der Waals surface area contributed by atoms with E-state index in [1.165, 1.54) is 19.9 Å². The summed E-state index contributed by atoms with van der Waals surface area (Å²) in [6, 6.07) is 0. The molecule has 1 saturated heterocycles. The Hall–Kier alpha value is -1.91. The van der Waals surface area contributed by atoms with E-state index >= 15 is 0 Å². The van der Waals surface area contributed by atoms with Gasteiger partial charge in [0.05, 0.1) is 41.3 Å². The Morgan fingerprint density at radius 1 is 1.15 bits per heavy atom. The number of allylic oxidation sites excluding steroid dienone is 1. The predicted octanol–water partition coefficient (Wildman–Crippen LogP) is 1.95. The average Bonchev–Trinajstić information content (AvgIpc) is 3.49. The van der Waals surface area contributed by atoms with Gasteiger partial charge in [0.15, 0.2) is 5.78 Å². The monoisotopic (exact) mass is 546 g/mol. The van der Waals surface area contributed by atoms with E-state index in [0.717, 1.165) is 5.57 Å². The zero-order valence-electron chi connectivity index (χ0n) is 23.8. The fourth-order valence-corrected chi connectivity index (χ4v) is 9.38. The van der Waals surface area contributed by atoms with Crippen LogP contribution in [0.4, 0.5) is 0 Å². The van der Waals surface area contributed by atoms with Crippen molar-refractivity contribution in [1.29, 1.82) is 0 Å². The highest BCUT2D eigenvalue weighted by Crippen LogP contribution is 2.79. The molecule has 0 bridgehead atoms. The molecule has 11 atom stereocenters. The first-order valence-corrected chi connectivity index (χ1v) is 13.9. The van der Waals surface area contributed by atoms with Crippen LogP contribution in [0.25, 0.3) is 0 Å². The molecule has 2 saturated carbocycles. The van der Waals surface area contributed by atoms with Crippen LogP contribution in [-0.2, 0) is 19.1 Å². The second-order valence-electron chi connectivity index (χ2n) is 14.3. The number of hydrogen-bond donors (Lipinski definition) is 5. The summed E-state index contributed by atoms with van der Waals surface area (Å²) in [6.07, 6.45) is -0.200. The highest BCUT2D eigenvalue weighted by atomic mass is 16.6. The molecular formula is C30H42O9. The van der Waals surface area contributed by atoms with E-state index in [1.54, 1.807) is 19.9 Å². The average molecular weight is 547 g/mol. The molecule has 1 spiro atoms. The number of ketones is 2. The first-order chi connectivity index (χ1) is 17.7. The van der Waals surface area contributed by atoms with Gasteiger partial charge in [-0.1, -0.05) is 40.7 Å². The predicted molar refractivity (Wildman–Crippen MR) is 139 cm³/mol. The zero-order valence-corrected chi connectivity index (χ0v) is 23.8. The molecule has 0 radical (unpaired) electrons. The minimum atomic E-state index is -1.81. The van der Waals surface area contributed by atoms with Crippen molar-refractivity contribution in [3.63, 3.8) is 0 Å². The summed E-state index contributed by atoms with van der Waals surface area (Å²) in [5, 5.41) is 54.2. The number of aliphatic carboxylic acids is 1. The number of fused-ring (bicyclic) bond motifs is 3. The Morgan fingerprint density at radius 2 is 1.77 bits per heavy atom. The number of carbonyl (C=O) groups is 3. The lowest BCUT2D eigenvalue weighted by Crippen LogP contribution is -2.68. The standard InChI is InChI=1S/C30H42O9/c1-14(24(36)37)8-15(31)12-27(5,38)19-10-21(34)29(7)28(19,6)20(33)9-18-26(4)13-16(32)23(35)25(2,3)17(26)11-22-30(18,29)39-22/h9-10,14,16-17,21-23,32,34-35,38H,8,11-13H2,1-7H3,(H,36,37). The van der Waals surface area contributed by atoms with Gasteiger partial charge in [-0.2, -0.15) is 0 Å². The number of ether oxygens (including phenoxy) is 1. The van der Waals surface area contributed by atoms with Gasteiger partial charge in [-0.3, -0.25) is 14.4 Å². The van der Waals surface area contributed by atoms with Crippen LogP contribution >= 0.6 is 0 Å². The first kappa shape index (κ1) is 28.6. The highest BCUT2D eigenvalue weighted by molar-refractivity contribution is 6.02. The summed E-state index contributed by atoms with van der Waals surface area (Å²) in [7, 11) is 0. The van der Waals surface area contributed by atoms with E-state index in [9.17, 15) is 39.9 Å². The van der Waals surface area contributed by atoms with Crippen molar-refractivity contribution >= 4 is 17.5 Å². The lowest BCUT2D eigenvalue weighted by atomic mass is 9.40. The normalized spacial score (nSPS) is 47.9. The Kier molecular flexibility index (Phi) is 5.94. The summed E-state index contributed by atoms with van der Waals surface area (Å²) < 4.78 is 6.52. The SMILES string of the molecule is CC(CC(=O)CC(C)(O)C1=CC(O)C2(C)C1(C)C(=O)C=C1C3(C)CC(O)C(O)C(C)(C)C3CC3OC132)C(=O)O. The Labute approximate surface area is 228 Å². The van der Waals surface area contributed by atoms with Gasteiger partial charge in [-0.15, -0.1) is 0 Å². The van der Waals surface area contributed by atoms with Crippen LogP contribution in [0.15, 0.2) is 23.3 Å². The molecule has 5 rings (SSSR count). The Balaban J connectivity index is 1.58. The number of carboxylic acid groups (broad SMARTS) is 1. The third kappa shape index (κ3) is 3.28. The Bertz CT molecular complexity index is 1210. The van der Waals surface area contributed by atoms with Crippen molar-refractivity contribution in [3.8, 4) is 0 Å². The number of aliphatic hydroxyl groups excluding tert-OH is 3. The molecule has 0 aromatic carbocycles. The van der Waals surface area contributed by atoms with E-state index < -0.39 is 75.3 Å². The molecule has 5 N–H and O–H groups in total. The third-order valence-electron chi connectivity index (χ3n) is 11.7. The maximum Gasteiger partial charge on any atom is 0.306 e. The molecule has 0 amide bonds. The largest absolute Gasteiger partial charge is 0.481 e. The lowest BCUT2D eigenvalue weighted by Gasteiger charge is -2.62. The van der Waals surface area contributed by atoms with Gasteiger partial charge < -0.3 is 30.3 Å². The van der Waals surface area contributed by atoms with Crippen molar-refractivity contribution in [3.05, 3.63) is 23.3 Å². The van der Waals surface area contributed by atoms with Gasteiger partial charge in [0, 0.05) is 18.3 Å². The molecule has 0 aromatic heterocycles. The molecule has 1 aliphatic heterocycles. The molecular weight excluding hydrogens is 504 g/mol. The smallest absolute Gasteiger partial charge is 0.306 e. The lowest BCUT2D eigenvalue weighted by molar-refractivity contribution is -0.167. The quantitative estimate of drug-likeness (QED) is 0.247. The first-order valence-electron chi connectivity index (χ1n) is 13.9. The summed E-state index contributed by atoms with van der Waals surface area (Å²) in [5.41, 5.74) is -5.81. The fourth-order valence-electron chi connectivity index (χ4n) is 9.38. The van der Waals surface area contributed by atoms with Crippen LogP contribution in [0.2, 0.25) is 0 Å². The summed E-state index contributed by atoms with van der Waals surface area (Å²) in [4.78, 5) is 38.3. The van der Waals surface area contributed by atoms with Gasteiger partial charge in [0.25, 0.3) is 0 Å². The van der Waals surface area contributed by atoms with E-state index in [-0.39, 0.29) is 36.2 Å². The molecule has 4 aliphatic carbocycles. The van der Waals surface area contributed by atoms with Crippen molar-refractivity contribution in [2.75, 3.05) is 0 Å². The van der Waals surface area contributed by atoms with E-state index in [1.807, 2.05) is 20.8 Å².